The molecule has 0 aliphatic carbocycles. The Morgan fingerprint density at radius 2 is 1.60 bits per heavy atom. The molecule has 1 N–H and O–H groups in total. The van der Waals surface area contributed by atoms with Gasteiger partial charge in [0.05, 0.1) is 17.2 Å². The number of carbonyl (C=O) groups excluding carboxylic acids is 2. The Kier molecular flexibility index (Phi) is 10.5. The van der Waals surface area contributed by atoms with E-state index < -0.39 is 28.5 Å². The first-order valence-electron chi connectivity index (χ1n) is 12.3. The first kappa shape index (κ1) is 31.3. The molecule has 0 atom stereocenters. The van der Waals surface area contributed by atoms with Crippen LogP contribution in [0.1, 0.15) is 44.3 Å². The maximum atomic E-state index is 13.4. The molecule has 0 heterocycles. The van der Waals surface area contributed by atoms with Crippen molar-refractivity contribution in [3.63, 3.8) is 0 Å². The highest BCUT2D eigenvalue weighted by Gasteiger charge is 2.33. The number of alkyl halides is 3. The number of hydrogen-bond acceptors (Lipinski definition) is 5. The van der Waals surface area contributed by atoms with Crippen LogP contribution in [0.2, 0.25) is 10.0 Å². The van der Waals surface area contributed by atoms with E-state index >= 15 is 0 Å². The van der Waals surface area contributed by atoms with Crippen molar-refractivity contribution in [3.8, 4) is 11.5 Å². The number of benzene rings is 3. The van der Waals surface area contributed by atoms with Crippen LogP contribution in [0.25, 0.3) is 0 Å². The van der Waals surface area contributed by atoms with Gasteiger partial charge in [0, 0.05) is 29.2 Å². The van der Waals surface area contributed by atoms with Gasteiger partial charge in [-0.05, 0) is 81.5 Å². The maximum absolute atomic E-state index is 13.4. The molecule has 6 nitrogen and oxygen atoms in total. The first-order valence-corrected chi connectivity index (χ1v) is 13.1. The third-order valence-corrected chi connectivity index (χ3v) is 6.58. The van der Waals surface area contributed by atoms with Gasteiger partial charge in [0.2, 0.25) is 0 Å². The normalized spacial score (nSPS) is 11.4. The second-order valence-corrected chi connectivity index (χ2v) is 10.1. The van der Waals surface area contributed by atoms with E-state index in [1.807, 2.05) is 19.0 Å². The van der Waals surface area contributed by atoms with Crippen molar-refractivity contribution in [2.24, 2.45) is 0 Å². The van der Waals surface area contributed by atoms with Crippen LogP contribution in [0.5, 0.6) is 11.5 Å². The van der Waals surface area contributed by atoms with Crippen molar-refractivity contribution in [2.45, 2.75) is 26.4 Å². The molecule has 0 saturated heterocycles. The standard InChI is InChI=1S/C29H29Cl2F3N2O4/c1-5-39-25-15-19(24(37)14-18-6-8-23(31)21(13-18)29(32,33)34)16-26(40-11-10-36(3)4)27(25)28(38)35-20-7-9-22(30)17(2)12-20/h6-9,12-13,15-16H,5,10-11,14H2,1-4H3,(H,35,38). The van der Waals surface area contributed by atoms with Crippen LogP contribution in [0.3, 0.4) is 0 Å². The largest absolute Gasteiger partial charge is 0.493 e. The molecule has 0 spiro atoms. The number of amides is 1. The number of halogens is 5. The molecular weight excluding hydrogens is 568 g/mol. The smallest absolute Gasteiger partial charge is 0.417 e. The molecule has 0 unspecified atom stereocenters. The minimum absolute atomic E-state index is 0.0793. The Hall–Kier alpha value is -3.27. The van der Waals surface area contributed by atoms with Crippen molar-refractivity contribution in [1.29, 1.82) is 0 Å². The Morgan fingerprint density at radius 1 is 0.950 bits per heavy atom. The van der Waals surface area contributed by atoms with Gasteiger partial charge in [-0.1, -0.05) is 29.3 Å². The lowest BCUT2D eigenvalue weighted by molar-refractivity contribution is -0.137. The second-order valence-electron chi connectivity index (χ2n) is 9.26. The van der Waals surface area contributed by atoms with E-state index in [2.05, 4.69) is 5.32 Å². The van der Waals surface area contributed by atoms with E-state index in [1.54, 1.807) is 32.0 Å². The summed E-state index contributed by atoms with van der Waals surface area (Å²) in [6, 6.07) is 11.2. The fraction of sp³-hybridized carbons (Fsp3) is 0.310. The summed E-state index contributed by atoms with van der Waals surface area (Å²) in [6.07, 6.45) is -5.00. The fourth-order valence-corrected chi connectivity index (χ4v) is 4.14. The number of carbonyl (C=O) groups is 2. The fourth-order valence-electron chi connectivity index (χ4n) is 3.80. The van der Waals surface area contributed by atoms with Gasteiger partial charge in [-0.3, -0.25) is 9.59 Å². The predicted molar refractivity (Wildman–Crippen MR) is 150 cm³/mol. The summed E-state index contributed by atoms with van der Waals surface area (Å²) in [5, 5.41) is 2.90. The summed E-state index contributed by atoms with van der Waals surface area (Å²) >= 11 is 11.8. The molecule has 3 aromatic carbocycles. The second kappa shape index (κ2) is 13.4. The Bertz CT molecular complexity index is 1390. The Balaban J connectivity index is 2.01. The number of ether oxygens (including phenoxy) is 2. The van der Waals surface area contributed by atoms with Crippen LogP contribution in [-0.4, -0.2) is 50.4 Å². The summed E-state index contributed by atoms with van der Waals surface area (Å²) in [5.41, 5.74) is 0.573. The third kappa shape index (κ3) is 8.13. The molecule has 3 aromatic rings. The van der Waals surface area contributed by atoms with E-state index in [9.17, 15) is 22.8 Å². The van der Waals surface area contributed by atoms with Gasteiger partial charge in [0.1, 0.15) is 23.7 Å². The number of Topliss-reactive ketones (excluding diaryl/α,β-unsaturated/α-hetero) is 1. The minimum atomic E-state index is -4.66. The summed E-state index contributed by atoms with van der Waals surface area (Å²) < 4.78 is 51.6. The topological polar surface area (TPSA) is 67.9 Å². The van der Waals surface area contributed by atoms with E-state index in [-0.39, 0.29) is 47.8 Å². The number of ketones is 1. The highest BCUT2D eigenvalue weighted by Crippen LogP contribution is 2.36. The zero-order valence-electron chi connectivity index (χ0n) is 22.4. The zero-order valence-corrected chi connectivity index (χ0v) is 23.9. The molecule has 0 aromatic heterocycles. The predicted octanol–water partition coefficient (Wildman–Crippen LogP) is 7.34. The van der Waals surface area contributed by atoms with Crippen LogP contribution in [0.4, 0.5) is 18.9 Å². The van der Waals surface area contributed by atoms with Gasteiger partial charge in [0.15, 0.2) is 5.78 Å². The summed E-state index contributed by atoms with van der Waals surface area (Å²) in [5.74, 6) is -0.819. The SMILES string of the molecule is CCOc1cc(C(=O)Cc2ccc(Cl)c(C(F)(F)F)c2)cc(OCCN(C)C)c1C(=O)Nc1ccc(Cl)c(C)c1. The summed E-state index contributed by atoms with van der Waals surface area (Å²) in [4.78, 5) is 28.6. The van der Waals surface area contributed by atoms with Crippen molar-refractivity contribution in [2.75, 3.05) is 39.2 Å². The first-order chi connectivity index (χ1) is 18.8. The monoisotopic (exact) mass is 596 g/mol. The number of hydrogen-bond donors (Lipinski definition) is 1. The van der Waals surface area contributed by atoms with E-state index in [0.29, 0.717) is 17.3 Å². The molecule has 1 amide bonds. The summed E-state index contributed by atoms with van der Waals surface area (Å²) in [6.45, 7) is 4.42. The van der Waals surface area contributed by atoms with Gasteiger partial charge in [-0.25, -0.2) is 0 Å². The van der Waals surface area contributed by atoms with Crippen molar-refractivity contribution in [3.05, 3.63) is 86.4 Å². The van der Waals surface area contributed by atoms with Crippen LogP contribution >= 0.6 is 23.2 Å². The average molecular weight is 597 g/mol. The molecule has 0 saturated carbocycles. The van der Waals surface area contributed by atoms with Crippen molar-refractivity contribution in [1.82, 2.24) is 4.90 Å². The number of likely N-dealkylation sites (N-methyl/N-ethyl adjacent to an activating group) is 1. The highest BCUT2D eigenvalue weighted by molar-refractivity contribution is 6.31. The summed E-state index contributed by atoms with van der Waals surface area (Å²) in [7, 11) is 3.71. The van der Waals surface area contributed by atoms with Gasteiger partial charge in [0.25, 0.3) is 5.91 Å². The maximum Gasteiger partial charge on any atom is 0.417 e. The van der Waals surface area contributed by atoms with Crippen LogP contribution in [0.15, 0.2) is 48.5 Å². The number of aryl methyl sites for hydroxylation is 1. The molecule has 3 rings (SSSR count). The number of nitrogens with zero attached hydrogens (tertiary/aromatic N) is 1. The average Bonchev–Trinajstić information content (AvgIpc) is 2.86. The van der Waals surface area contributed by atoms with Gasteiger partial charge in [-0.15, -0.1) is 0 Å². The molecule has 11 heteroatoms. The van der Waals surface area contributed by atoms with E-state index in [0.717, 1.165) is 17.7 Å². The molecule has 0 aliphatic rings. The highest BCUT2D eigenvalue weighted by atomic mass is 35.5. The molecule has 214 valence electrons. The number of anilines is 1. The van der Waals surface area contributed by atoms with Crippen LogP contribution in [0, 0.1) is 6.92 Å². The lowest BCUT2D eigenvalue weighted by Gasteiger charge is -2.19. The Morgan fingerprint density at radius 3 is 2.20 bits per heavy atom. The van der Waals surface area contributed by atoms with Gasteiger partial charge in [-0.2, -0.15) is 13.2 Å². The molecule has 40 heavy (non-hydrogen) atoms. The number of rotatable bonds is 11. The van der Waals surface area contributed by atoms with E-state index in [1.165, 1.54) is 18.2 Å². The lowest BCUT2D eigenvalue weighted by Crippen LogP contribution is -2.22. The molecular formula is C29H29Cl2F3N2O4. The van der Waals surface area contributed by atoms with Crippen molar-refractivity contribution >= 4 is 40.6 Å². The minimum Gasteiger partial charge on any atom is -0.493 e. The lowest BCUT2D eigenvalue weighted by atomic mass is 9.98. The van der Waals surface area contributed by atoms with Crippen molar-refractivity contribution < 1.29 is 32.2 Å². The molecule has 0 fully saturated rings. The van der Waals surface area contributed by atoms with Crippen LogP contribution < -0.4 is 14.8 Å². The zero-order chi connectivity index (χ0) is 29.6. The molecule has 0 radical (unpaired) electrons. The number of nitrogens with one attached hydrogen (secondary N) is 1. The molecule has 0 bridgehead atoms. The third-order valence-electron chi connectivity index (χ3n) is 5.83. The van der Waals surface area contributed by atoms with E-state index in [4.69, 9.17) is 32.7 Å². The Labute approximate surface area is 241 Å². The van der Waals surface area contributed by atoms with Gasteiger partial charge >= 0.3 is 6.18 Å². The quantitative estimate of drug-likeness (QED) is 0.235. The van der Waals surface area contributed by atoms with Gasteiger partial charge < -0.3 is 19.7 Å². The molecule has 0 aliphatic heterocycles. The van der Waals surface area contributed by atoms with Crippen LogP contribution in [-0.2, 0) is 12.6 Å².